The van der Waals surface area contributed by atoms with Gasteiger partial charge in [0.05, 0.1) is 22.1 Å². The Morgan fingerprint density at radius 3 is 0.703 bits per heavy atom. The van der Waals surface area contributed by atoms with E-state index in [2.05, 4.69) is 300 Å². The van der Waals surface area contributed by atoms with E-state index in [9.17, 15) is 0 Å². The minimum atomic E-state index is 1.13. The first kappa shape index (κ1) is 43.1. The molecule has 0 aliphatic rings. The van der Waals surface area contributed by atoms with E-state index < -0.39 is 0 Å². The fourth-order valence-electron chi connectivity index (χ4n) is 11.2. The molecule has 0 spiro atoms. The maximum absolute atomic E-state index is 2.41. The summed E-state index contributed by atoms with van der Waals surface area (Å²) in [6.45, 7) is 0. The van der Waals surface area contributed by atoms with Crippen molar-refractivity contribution in [1.29, 1.82) is 0 Å². The van der Waals surface area contributed by atoms with E-state index in [-0.39, 0.29) is 0 Å². The zero-order valence-electron chi connectivity index (χ0n) is 40.6. The van der Waals surface area contributed by atoms with Gasteiger partial charge in [-0.15, -0.1) is 0 Å². The number of benzene rings is 12. The Balaban J connectivity index is 0.814. The predicted octanol–water partition coefficient (Wildman–Crippen LogP) is 19.5. The molecule has 0 N–H and O–H groups in total. The van der Waals surface area contributed by atoms with E-state index >= 15 is 0 Å². The first-order chi connectivity index (χ1) is 36.7. The Kier molecular flexibility index (Phi) is 10.6. The van der Waals surface area contributed by atoms with Crippen molar-refractivity contribution in [2.45, 2.75) is 0 Å². The Morgan fingerprint density at radius 1 is 0.149 bits per heavy atom. The number of hydrogen-bond donors (Lipinski definition) is 0. The molecule has 74 heavy (non-hydrogen) atoms. The molecule has 14 rings (SSSR count). The normalized spacial score (nSPS) is 11.5. The quantitative estimate of drug-likeness (QED) is 0.136. The molecule has 0 saturated heterocycles. The van der Waals surface area contributed by atoms with Gasteiger partial charge in [0, 0.05) is 32.9 Å². The summed E-state index contributed by atoms with van der Waals surface area (Å²) in [7, 11) is 0. The summed E-state index contributed by atoms with van der Waals surface area (Å²) in [5.74, 6) is 0. The average molecular weight is 941 g/mol. The molecular weight excluding hydrogens is 893 g/mol. The molecule has 346 valence electrons. The standard InChI is InChI=1S/C72H48N2/c1-5-17-49(18-6-1)57-41-58(50-19-7-2-8-20-50)44-61(43-57)53-29-35-63(36-30-53)73-69-27-15-13-25-65(69)67-47-55(33-39-71(67)73)56-34-40-72-68(48-56)66-26-14-16-28-70(66)74(72)64-37-31-54(32-38-64)62-45-59(51-21-9-3-10-22-51)42-60(46-62)52-23-11-4-12-24-52/h1-48H. The van der Waals surface area contributed by atoms with Crippen molar-refractivity contribution >= 4 is 43.6 Å². The van der Waals surface area contributed by atoms with Crippen LogP contribution in [0.4, 0.5) is 0 Å². The van der Waals surface area contributed by atoms with E-state index in [1.165, 1.54) is 122 Å². The third-order valence-corrected chi connectivity index (χ3v) is 14.9. The zero-order valence-corrected chi connectivity index (χ0v) is 40.6. The van der Waals surface area contributed by atoms with E-state index in [4.69, 9.17) is 0 Å². The van der Waals surface area contributed by atoms with E-state index in [1.807, 2.05) is 0 Å². The highest BCUT2D eigenvalue weighted by molar-refractivity contribution is 6.13. The van der Waals surface area contributed by atoms with Gasteiger partial charge in [-0.25, -0.2) is 0 Å². The minimum absolute atomic E-state index is 1.13. The lowest BCUT2D eigenvalue weighted by Gasteiger charge is -2.13. The van der Waals surface area contributed by atoms with Crippen molar-refractivity contribution < 1.29 is 0 Å². The maximum atomic E-state index is 2.41. The van der Waals surface area contributed by atoms with Crippen molar-refractivity contribution in [3.63, 3.8) is 0 Å². The molecule has 0 bridgehead atoms. The molecule has 0 radical (unpaired) electrons. The summed E-state index contributed by atoms with van der Waals surface area (Å²) in [4.78, 5) is 0. The Bertz CT molecular complexity index is 3960. The van der Waals surface area contributed by atoms with Crippen LogP contribution in [0, 0.1) is 0 Å². The lowest BCUT2D eigenvalue weighted by atomic mass is 9.93. The second-order valence-electron chi connectivity index (χ2n) is 19.3. The van der Waals surface area contributed by atoms with Crippen LogP contribution in [-0.4, -0.2) is 9.13 Å². The Hall–Kier alpha value is -9.76. The first-order valence-electron chi connectivity index (χ1n) is 25.5. The van der Waals surface area contributed by atoms with Crippen LogP contribution in [0.1, 0.15) is 0 Å². The molecule has 2 heterocycles. The van der Waals surface area contributed by atoms with Gasteiger partial charge in [-0.2, -0.15) is 0 Å². The molecule has 0 atom stereocenters. The smallest absolute Gasteiger partial charge is 0.0541 e. The molecule has 0 aliphatic heterocycles. The molecule has 0 fully saturated rings. The first-order valence-corrected chi connectivity index (χ1v) is 25.5. The second kappa shape index (κ2) is 18.1. The lowest BCUT2D eigenvalue weighted by Crippen LogP contribution is -1.94. The molecule has 0 saturated carbocycles. The highest BCUT2D eigenvalue weighted by Crippen LogP contribution is 2.41. The minimum Gasteiger partial charge on any atom is -0.309 e. The van der Waals surface area contributed by atoms with Gasteiger partial charge in [-0.3, -0.25) is 0 Å². The predicted molar refractivity (Wildman–Crippen MR) is 313 cm³/mol. The average Bonchev–Trinajstić information content (AvgIpc) is 4.02. The van der Waals surface area contributed by atoms with Gasteiger partial charge in [0.15, 0.2) is 0 Å². The van der Waals surface area contributed by atoms with Crippen LogP contribution in [0.3, 0.4) is 0 Å². The molecule has 2 aromatic heterocycles. The number of rotatable bonds is 9. The van der Waals surface area contributed by atoms with Crippen LogP contribution < -0.4 is 0 Å². The number of aromatic nitrogens is 2. The fraction of sp³-hybridized carbons (Fsp3) is 0. The van der Waals surface area contributed by atoms with Gasteiger partial charge in [0.1, 0.15) is 0 Å². The van der Waals surface area contributed by atoms with E-state index in [1.54, 1.807) is 0 Å². The van der Waals surface area contributed by atoms with Crippen molar-refractivity contribution in [2.24, 2.45) is 0 Å². The third kappa shape index (κ3) is 7.69. The molecule has 2 nitrogen and oxygen atoms in total. The van der Waals surface area contributed by atoms with Gasteiger partial charge in [-0.05, 0) is 175 Å². The molecule has 14 aromatic rings. The van der Waals surface area contributed by atoms with Gasteiger partial charge in [0.25, 0.3) is 0 Å². The third-order valence-electron chi connectivity index (χ3n) is 14.9. The summed E-state index contributed by atoms with van der Waals surface area (Å²) in [6.07, 6.45) is 0. The topological polar surface area (TPSA) is 9.86 Å². The highest BCUT2D eigenvalue weighted by atomic mass is 15.0. The Labute approximate surface area is 431 Å². The molecule has 0 aliphatic carbocycles. The van der Waals surface area contributed by atoms with Gasteiger partial charge in [0.2, 0.25) is 0 Å². The highest BCUT2D eigenvalue weighted by Gasteiger charge is 2.18. The fourth-order valence-corrected chi connectivity index (χ4v) is 11.2. The SMILES string of the molecule is c1ccc(-c2cc(-c3ccccc3)cc(-c3ccc(-n4c5ccccc5c5cc(-c6ccc7c(c6)c6ccccc6n7-c6ccc(-c7cc(-c8ccccc8)cc(-c8ccccc8)c7)cc6)ccc54)cc3)c2)cc1. The molecule has 0 amide bonds. The van der Waals surface area contributed by atoms with E-state index in [0.717, 1.165) is 11.4 Å². The van der Waals surface area contributed by atoms with Crippen molar-refractivity contribution in [3.05, 3.63) is 291 Å². The number of para-hydroxylation sites is 2. The molecule has 0 unspecified atom stereocenters. The van der Waals surface area contributed by atoms with Crippen LogP contribution in [0.2, 0.25) is 0 Å². The van der Waals surface area contributed by atoms with Crippen LogP contribution in [-0.2, 0) is 0 Å². The van der Waals surface area contributed by atoms with Gasteiger partial charge >= 0.3 is 0 Å². The zero-order chi connectivity index (χ0) is 49.0. The van der Waals surface area contributed by atoms with Crippen LogP contribution >= 0.6 is 0 Å². The van der Waals surface area contributed by atoms with Crippen molar-refractivity contribution in [1.82, 2.24) is 9.13 Å². The molecule has 12 aromatic carbocycles. The molecular formula is C72H48N2. The number of hydrogen-bond acceptors (Lipinski definition) is 0. The maximum Gasteiger partial charge on any atom is 0.0541 e. The summed E-state index contributed by atoms with van der Waals surface area (Å²) in [6, 6.07) is 106. The monoisotopic (exact) mass is 940 g/mol. The van der Waals surface area contributed by atoms with Crippen LogP contribution in [0.15, 0.2) is 291 Å². The van der Waals surface area contributed by atoms with Gasteiger partial charge in [-0.1, -0.05) is 194 Å². The van der Waals surface area contributed by atoms with E-state index in [0.29, 0.717) is 0 Å². The second-order valence-corrected chi connectivity index (χ2v) is 19.3. The molecule has 2 heteroatoms. The summed E-state index contributed by atoms with van der Waals surface area (Å²) in [5, 5.41) is 4.94. The summed E-state index contributed by atoms with van der Waals surface area (Å²) >= 11 is 0. The van der Waals surface area contributed by atoms with Crippen LogP contribution in [0.5, 0.6) is 0 Å². The van der Waals surface area contributed by atoms with Crippen molar-refractivity contribution in [3.8, 4) is 89.3 Å². The largest absolute Gasteiger partial charge is 0.309 e. The van der Waals surface area contributed by atoms with Crippen LogP contribution in [0.25, 0.3) is 133 Å². The summed E-state index contributed by atoms with van der Waals surface area (Å²) in [5.41, 5.74) is 23.8. The lowest BCUT2D eigenvalue weighted by molar-refractivity contribution is 1.18. The number of nitrogens with zero attached hydrogens (tertiary/aromatic N) is 2. The van der Waals surface area contributed by atoms with Crippen molar-refractivity contribution in [2.75, 3.05) is 0 Å². The number of fused-ring (bicyclic) bond motifs is 6. The Morgan fingerprint density at radius 2 is 0.392 bits per heavy atom. The van der Waals surface area contributed by atoms with Gasteiger partial charge < -0.3 is 9.13 Å². The summed E-state index contributed by atoms with van der Waals surface area (Å²) < 4.78 is 4.83.